The Kier molecular flexibility index (Phi) is 4.54. The van der Waals surface area contributed by atoms with Gasteiger partial charge in [-0.3, -0.25) is 0 Å². The van der Waals surface area contributed by atoms with Crippen molar-refractivity contribution in [1.82, 2.24) is 4.31 Å². The number of hydrogen-bond acceptors (Lipinski definition) is 5. The van der Waals surface area contributed by atoms with Crippen molar-refractivity contribution < 1.29 is 21.9 Å². The zero-order valence-corrected chi connectivity index (χ0v) is 12.5. The Balaban J connectivity index is 1.99. The second kappa shape index (κ2) is 5.67. The lowest BCUT2D eigenvalue weighted by atomic mass is 10.00. The Bertz CT molecular complexity index is 491. The third-order valence-electron chi connectivity index (χ3n) is 4.11. The van der Waals surface area contributed by atoms with Gasteiger partial charge in [-0.25, -0.2) is 21.1 Å². The van der Waals surface area contributed by atoms with Gasteiger partial charge >= 0.3 is 0 Å². The predicted octanol–water partition coefficient (Wildman–Crippen LogP) is -0.402. The first-order valence-electron chi connectivity index (χ1n) is 6.65. The van der Waals surface area contributed by atoms with Crippen LogP contribution >= 0.6 is 0 Å². The highest BCUT2D eigenvalue weighted by atomic mass is 32.2. The Morgan fingerprint density at radius 3 is 2.05 bits per heavy atom. The number of sulfonamides is 1. The zero-order chi connectivity index (χ0) is 14.1. The minimum Gasteiger partial charge on any atom is -0.396 e. The van der Waals surface area contributed by atoms with Gasteiger partial charge in [-0.05, 0) is 31.6 Å². The molecule has 2 rings (SSSR count). The van der Waals surface area contributed by atoms with Gasteiger partial charge in [0.2, 0.25) is 10.0 Å². The molecule has 0 saturated carbocycles. The second-order valence-electron chi connectivity index (χ2n) is 5.42. The van der Waals surface area contributed by atoms with Gasteiger partial charge in [-0.2, -0.15) is 0 Å². The van der Waals surface area contributed by atoms with Gasteiger partial charge in [-0.15, -0.1) is 0 Å². The van der Waals surface area contributed by atoms with Crippen molar-refractivity contribution in [3.8, 4) is 0 Å². The van der Waals surface area contributed by atoms with E-state index in [1.165, 1.54) is 4.31 Å². The highest BCUT2D eigenvalue weighted by molar-refractivity contribution is 7.92. The minimum absolute atomic E-state index is 0.0238. The minimum atomic E-state index is -3.38. The van der Waals surface area contributed by atoms with Gasteiger partial charge in [0.15, 0.2) is 0 Å². The summed E-state index contributed by atoms with van der Waals surface area (Å²) in [5.41, 5.74) is 0. The molecule has 19 heavy (non-hydrogen) atoms. The Morgan fingerprint density at radius 1 is 1.05 bits per heavy atom. The molecule has 112 valence electrons. The molecule has 2 aliphatic heterocycles. The van der Waals surface area contributed by atoms with Crippen LogP contribution in [0.15, 0.2) is 0 Å². The van der Waals surface area contributed by atoms with Crippen LogP contribution in [0.3, 0.4) is 0 Å². The summed E-state index contributed by atoms with van der Waals surface area (Å²) in [5.74, 6) is 0.145. The summed E-state index contributed by atoms with van der Waals surface area (Å²) in [6, 6.07) is 0. The van der Waals surface area contributed by atoms with E-state index in [4.69, 9.17) is 5.11 Å². The van der Waals surface area contributed by atoms with E-state index < -0.39 is 25.1 Å². The molecule has 0 bridgehead atoms. The SMILES string of the molecule is O=S1(=O)CCC(S(=O)(=O)N2CCC(CO)CC2)CC1. The summed E-state index contributed by atoms with van der Waals surface area (Å²) in [7, 11) is -6.42. The van der Waals surface area contributed by atoms with Crippen molar-refractivity contribution in [2.75, 3.05) is 31.2 Å². The molecule has 0 unspecified atom stereocenters. The summed E-state index contributed by atoms with van der Waals surface area (Å²) in [5, 5.41) is 8.50. The van der Waals surface area contributed by atoms with Crippen LogP contribution in [0.1, 0.15) is 25.7 Å². The molecule has 2 heterocycles. The molecule has 0 aromatic heterocycles. The van der Waals surface area contributed by atoms with E-state index in [2.05, 4.69) is 0 Å². The van der Waals surface area contributed by atoms with Crippen molar-refractivity contribution in [1.29, 1.82) is 0 Å². The number of piperidine rings is 1. The van der Waals surface area contributed by atoms with E-state index in [0.29, 0.717) is 25.9 Å². The number of aliphatic hydroxyl groups is 1. The summed E-state index contributed by atoms with van der Waals surface area (Å²) in [4.78, 5) is 0. The molecule has 2 fully saturated rings. The van der Waals surface area contributed by atoms with Crippen molar-refractivity contribution in [2.24, 2.45) is 5.92 Å². The van der Waals surface area contributed by atoms with Gasteiger partial charge in [0.05, 0.1) is 16.8 Å². The standard InChI is InChI=1S/C11H21NO5S2/c13-9-10-1-5-12(6-2-10)19(16,17)11-3-7-18(14,15)8-4-11/h10-11,13H,1-9H2. The van der Waals surface area contributed by atoms with Crippen LogP contribution in [0, 0.1) is 5.92 Å². The number of nitrogens with zero attached hydrogens (tertiary/aromatic N) is 1. The predicted molar refractivity (Wildman–Crippen MR) is 72.0 cm³/mol. The summed E-state index contributed by atoms with van der Waals surface area (Å²) < 4.78 is 49.0. The Morgan fingerprint density at radius 2 is 1.58 bits per heavy atom. The lowest BCUT2D eigenvalue weighted by Gasteiger charge is -2.34. The Hall–Kier alpha value is -0.180. The average molecular weight is 311 g/mol. The van der Waals surface area contributed by atoms with Crippen LogP contribution in [0.2, 0.25) is 0 Å². The fourth-order valence-corrected chi connectivity index (χ4v) is 6.49. The van der Waals surface area contributed by atoms with E-state index in [9.17, 15) is 16.8 Å². The smallest absolute Gasteiger partial charge is 0.217 e. The molecular weight excluding hydrogens is 290 g/mol. The molecule has 0 radical (unpaired) electrons. The molecule has 0 aromatic rings. The molecule has 8 heteroatoms. The van der Waals surface area contributed by atoms with Gasteiger partial charge in [-0.1, -0.05) is 0 Å². The first-order chi connectivity index (χ1) is 8.85. The van der Waals surface area contributed by atoms with Gasteiger partial charge in [0.25, 0.3) is 0 Å². The fraction of sp³-hybridized carbons (Fsp3) is 1.00. The van der Waals surface area contributed by atoms with Crippen molar-refractivity contribution in [2.45, 2.75) is 30.9 Å². The molecule has 1 N–H and O–H groups in total. The maximum Gasteiger partial charge on any atom is 0.217 e. The maximum atomic E-state index is 12.4. The summed E-state index contributed by atoms with van der Waals surface area (Å²) in [6.45, 7) is 0.989. The van der Waals surface area contributed by atoms with Gasteiger partial charge in [0.1, 0.15) is 9.84 Å². The van der Waals surface area contributed by atoms with Crippen LogP contribution in [-0.2, 0) is 19.9 Å². The maximum absolute atomic E-state index is 12.4. The molecule has 2 aliphatic rings. The van der Waals surface area contributed by atoms with Crippen molar-refractivity contribution in [3.63, 3.8) is 0 Å². The average Bonchev–Trinajstić information content (AvgIpc) is 2.38. The zero-order valence-electron chi connectivity index (χ0n) is 10.9. The fourth-order valence-electron chi connectivity index (χ4n) is 2.72. The highest BCUT2D eigenvalue weighted by Gasteiger charge is 2.37. The number of aliphatic hydroxyl groups excluding tert-OH is 1. The largest absolute Gasteiger partial charge is 0.396 e. The van der Waals surface area contributed by atoms with Crippen LogP contribution in [0.25, 0.3) is 0 Å². The topological polar surface area (TPSA) is 91.8 Å². The summed E-state index contributed by atoms with van der Waals surface area (Å²) in [6.07, 6.45) is 1.79. The van der Waals surface area contributed by atoms with Crippen molar-refractivity contribution >= 4 is 19.9 Å². The number of sulfone groups is 1. The van der Waals surface area contributed by atoms with E-state index in [1.54, 1.807) is 0 Å². The first kappa shape index (κ1) is 15.2. The molecule has 0 amide bonds. The van der Waals surface area contributed by atoms with Crippen LogP contribution < -0.4 is 0 Å². The molecule has 6 nitrogen and oxygen atoms in total. The van der Waals surface area contributed by atoms with E-state index >= 15 is 0 Å². The van der Waals surface area contributed by atoms with E-state index in [0.717, 1.165) is 0 Å². The lowest BCUT2D eigenvalue weighted by Crippen LogP contribution is -2.46. The molecule has 2 saturated heterocycles. The third-order valence-corrected chi connectivity index (χ3v) is 8.23. The first-order valence-corrected chi connectivity index (χ1v) is 9.98. The normalized spacial score (nSPS) is 27.4. The number of rotatable bonds is 3. The molecule has 0 spiro atoms. The van der Waals surface area contributed by atoms with Crippen molar-refractivity contribution in [3.05, 3.63) is 0 Å². The second-order valence-corrected chi connectivity index (χ2v) is 9.94. The monoisotopic (exact) mass is 311 g/mol. The van der Waals surface area contributed by atoms with E-state index in [-0.39, 0.29) is 36.9 Å². The number of hydrogen-bond donors (Lipinski definition) is 1. The molecule has 0 atom stereocenters. The molecular formula is C11H21NO5S2. The Labute approximate surface area is 114 Å². The van der Waals surface area contributed by atoms with Crippen LogP contribution in [0.5, 0.6) is 0 Å². The lowest BCUT2D eigenvalue weighted by molar-refractivity contribution is 0.169. The molecule has 0 aromatic carbocycles. The van der Waals surface area contributed by atoms with Gasteiger partial charge < -0.3 is 5.11 Å². The van der Waals surface area contributed by atoms with E-state index in [1.807, 2.05) is 0 Å². The van der Waals surface area contributed by atoms with Gasteiger partial charge in [0, 0.05) is 19.7 Å². The highest BCUT2D eigenvalue weighted by Crippen LogP contribution is 2.26. The third kappa shape index (κ3) is 3.48. The quantitative estimate of drug-likeness (QED) is 0.765. The summed E-state index contributed by atoms with van der Waals surface area (Å²) >= 11 is 0. The van der Waals surface area contributed by atoms with Crippen LogP contribution in [-0.4, -0.2) is 62.7 Å². The molecule has 0 aliphatic carbocycles. The van der Waals surface area contributed by atoms with Crippen LogP contribution in [0.4, 0.5) is 0 Å².